The molecule has 0 bridgehead atoms. The first-order valence-corrected chi connectivity index (χ1v) is 7.84. The molecule has 3 aromatic heterocycles. The molecule has 114 valence electrons. The third kappa shape index (κ3) is 2.44. The highest BCUT2D eigenvalue weighted by Gasteiger charge is 2.14. The van der Waals surface area contributed by atoms with Crippen molar-refractivity contribution in [3.63, 3.8) is 0 Å². The number of hydrogen-bond acceptors (Lipinski definition) is 5. The molecule has 4 aromatic rings. The van der Waals surface area contributed by atoms with Crippen molar-refractivity contribution in [2.45, 2.75) is 0 Å². The molecule has 7 heteroatoms. The molecule has 0 amide bonds. The van der Waals surface area contributed by atoms with Crippen molar-refractivity contribution in [3.8, 4) is 11.3 Å². The van der Waals surface area contributed by atoms with Crippen LogP contribution in [0.3, 0.4) is 0 Å². The van der Waals surface area contributed by atoms with Gasteiger partial charge in [0.2, 0.25) is 0 Å². The van der Waals surface area contributed by atoms with Crippen molar-refractivity contribution in [2.75, 3.05) is 11.9 Å². The summed E-state index contributed by atoms with van der Waals surface area (Å²) in [7, 11) is 1.92. The molecule has 4 rings (SSSR count). The molecule has 3 heterocycles. The minimum absolute atomic E-state index is 0.252. The van der Waals surface area contributed by atoms with Gasteiger partial charge in [-0.3, -0.25) is 0 Å². The van der Waals surface area contributed by atoms with Gasteiger partial charge < -0.3 is 4.90 Å². The lowest BCUT2D eigenvalue weighted by Crippen LogP contribution is -2.12. The number of anilines is 2. The van der Waals surface area contributed by atoms with Crippen molar-refractivity contribution >= 4 is 27.9 Å². The van der Waals surface area contributed by atoms with E-state index in [0.717, 1.165) is 27.9 Å². The highest BCUT2D eigenvalue weighted by atomic mass is 32.1. The van der Waals surface area contributed by atoms with Gasteiger partial charge in [0.1, 0.15) is 5.82 Å². The zero-order valence-electron chi connectivity index (χ0n) is 12.2. The fraction of sp³-hybridized carbons (Fsp3) is 0.0625. The second kappa shape index (κ2) is 5.44. The largest absolute Gasteiger partial charge is 0.304 e. The van der Waals surface area contributed by atoms with Crippen molar-refractivity contribution in [2.24, 2.45) is 0 Å². The third-order valence-corrected chi connectivity index (χ3v) is 4.44. The third-order valence-electron chi connectivity index (χ3n) is 3.52. The number of imidazole rings is 1. The van der Waals surface area contributed by atoms with Crippen LogP contribution in [0.4, 0.5) is 15.3 Å². The molecule has 0 aliphatic rings. The predicted molar refractivity (Wildman–Crippen MR) is 88.6 cm³/mol. The van der Waals surface area contributed by atoms with Crippen LogP contribution < -0.4 is 4.90 Å². The number of fused-ring (bicyclic) bond motifs is 1. The highest BCUT2D eigenvalue weighted by Crippen LogP contribution is 2.31. The SMILES string of the molecule is CN(c1nc(-c2ccc(F)cc2)cs1)c1cnc2cccnn12. The van der Waals surface area contributed by atoms with E-state index in [1.807, 2.05) is 29.5 Å². The van der Waals surface area contributed by atoms with Crippen LogP contribution in [0.2, 0.25) is 0 Å². The van der Waals surface area contributed by atoms with Gasteiger partial charge in [-0.25, -0.2) is 14.4 Å². The molecule has 0 aliphatic heterocycles. The van der Waals surface area contributed by atoms with Crippen molar-refractivity contribution in [1.82, 2.24) is 19.6 Å². The molecule has 0 saturated heterocycles. The normalized spacial score (nSPS) is 11.0. The number of aromatic nitrogens is 4. The summed E-state index contributed by atoms with van der Waals surface area (Å²) in [5.74, 6) is 0.582. The molecule has 0 unspecified atom stereocenters. The molecule has 0 aliphatic carbocycles. The van der Waals surface area contributed by atoms with E-state index < -0.39 is 0 Å². The van der Waals surface area contributed by atoms with Gasteiger partial charge in [0.05, 0.1) is 11.9 Å². The second-order valence-corrected chi connectivity index (χ2v) is 5.83. The lowest BCUT2D eigenvalue weighted by atomic mass is 10.2. The van der Waals surface area contributed by atoms with E-state index in [0.29, 0.717) is 0 Å². The van der Waals surface area contributed by atoms with E-state index in [1.54, 1.807) is 29.0 Å². The predicted octanol–water partition coefficient (Wildman–Crippen LogP) is 3.76. The second-order valence-electron chi connectivity index (χ2n) is 4.99. The van der Waals surface area contributed by atoms with Crippen LogP contribution in [0.25, 0.3) is 16.9 Å². The number of thiazole rings is 1. The minimum atomic E-state index is -0.252. The Hall–Kier alpha value is -2.80. The maximum absolute atomic E-state index is 13.0. The van der Waals surface area contributed by atoms with E-state index in [-0.39, 0.29) is 5.82 Å². The molecule has 0 atom stereocenters. The molecule has 0 fully saturated rings. The minimum Gasteiger partial charge on any atom is -0.304 e. The molecule has 0 spiro atoms. The lowest BCUT2D eigenvalue weighted by molar-refractivity contribution is 0.628. The molecular weight excluding hydrogens is 313 g/mol. The maximum atomic E-state index is 13.0. The summed E-state index contributed by atoms with van der Waals surface area (Å²) in [5, 5.41) is 7.08. The summed E-state index contributed by atoms with van der Waals surface area (Å²) in [6.07, 6.45) is 3.49. The Balaban J connectivity index is 1.69. The Kier molecular flexibility index (Phi) is 3.27. The van der Waals surface area contributed by atoms with Gasteiger partial charge >= 0.3 is 0 Å². The summed E-state index contributed by atoms with van der Waals surface area (Å²) in [4.78, 5) is 10.9. The van der Waals surface area contributed by atoms with Gasteiger partial charge in [-0.2, -0.15) is 9.61 Å². The van der Waals surface area contributed by atoms with Crippen LogP contribution in [-0.2, 0) is 0 Å². The number of rotatable bonds is 3. The van der Waals surface area contributed by atoms with Gasteiger partial charge in [-0.1, -0.05) is 0 Å². The van der Waals surface area contributed by atoms with Crippen molar-refractivity contribution < 1.29 is 4.39 Å². The average molecular weight is 325 g/mol. The zero-order valence-corrected chi connectivity index (χ0v) is 13.0. The fourth-order valence-corrected chi connectivity index (χ4v) is 3.12. The van der Waals surface area contributed by atoms with E-state index >= 15 is 0 Å². The van der Waals surface area contributed by atoms with Gasteiger partial charge in [0, 0.05) is 24.2 Å². The van der Waals surface area contributed by atoms with E-state index in [4.69, 9.17) is 0 Å². The lowest BCUT2D eigenvalue weighted by Gasteiger charge is -2.13. The molecule has 1 aromatic carbocycles. The highest BCUT2D eigenvalue weighted by molar-refractivity contribution is 7.14. The summed E-state index contributed by atoms with van der Waals surface area (Å²) >= 11 is 1.52. The first kappa shape index (κ1) is 13.8. The number of benzene rings is 1. The Morgan fingerprint density at radius 2 is 2.00 bits per heavy atom. The van der Waals surface area contributed by atoms with Crippen molar-refractivity contribution in [3.05, 3.63) is 60.0 Å². The van der Waals surface area contributed by atoms with Gasteiger partial charge in [0.15, 0.2) is 16.6 Å². The topological polar surface area (TPSA) is 46.3 Å². The van der Waals surface area contributed by atoms with E-state index in [1.165, 1.54) is 23.5 Å². The van der Waals surface area contributed by atoms with Gasteiger partial charge in [-0.05, 0) is 36.4 Å². The van der Waals surface area contributed by atoms with E-state index in [9.17, 15) is 4.39 Å². The average Bonchev–Trinajstić information content (AvgIpc) is 3.22. The Labute approximate surface area is 135 Å². The molecule has 5 nitrogen and oxygen atoms in total. The molecule has 0 radical (unpaired) electrons. The molecular formula is C16H12FN5S. The summed E-state index contributed by atoms with van der Waals surface area (Å²) in [6, 6.07) is 10.1. The van der Waals surface area contributed by atoms with Crippen LogP contribution in [-0.4, -0.2) is 26.6 Å². The first-order valence-electron chi connectivity index (χ1n) is 6.96. The fourth-order valence-electron chi connectivity index (χ4n) is 2.32. The van der Waals surface area contributed by atoms with Crippen LogP contribution in [0.15, 0.2) is 54.2 Å². The van der Waals surface area contributed by atoms with Crippen molar-refractivity contribution in [1.29, 1.82) is 0 Å². The molecule has 0 N–H and O–H groups in total. The standard InChI is InChI=1S/C16H12FN5S/c1-21(15-9-18-14-3-2-8-19-22(14)15)16-20-13(10-23-16)11-4-6-12(17)7-5-11/h2-10H,1H3. The number of nitrogens with zero attached hydrogens (tertiary/aromatic N) is 5. The van der Waals surface area contributed by atoms with Gasteiger partial charge in [0.25, 0.3) is 0 Å². The van der Waals surface area contributed by atoms with Gasteiger partial charge in [-0.15, -0.1) is 11.3 Å². The quantitative estimate of drug-likeness (QED) is 0.575. The summed E-state index contributed by atoms with van der Waals surface area (Å²) in [5.41, 5.74) is 2.49. The first-order chi connectivity index (χ1) is 11.2. The maximum Gasteiger partial charge on any atom is 0.191 e. The van der Waals surface area contributed by atoms with Crippen LogP contribution in [0, 0.1) is 5.82 Å². The summed E-state index contributed by atoms with van der Waals surface area (Å²) < 4.78 is 14.8. The Morgan fingerprint density at radius 3 is 2.83 bits per heavy atom. The van der Waals surface area contributed by atoms with Crippen LogP contribution in [0.1, 0.15) is 0 Å². The Morgan fingerprint density at radius 1 is 1.17 bits per heavy atom. The van der Waals surface area contributed by atoms with Crippen LogP contribution in [0.5, 0.6) is 0 Å². The number of halogens is 1. The van der Waals surface area contributed by atoms with E-state index in [2.05, 4.69) is 15.1 Å². The summed E-state index contributed by atoms with van der Waals surface area (Å²) in [6.45, 7) is 0. The monoisotopic (exact) mass is 325 g/mol. The van der Waals surface area contributed by atoms with Crippen LogP contribution >= 0.6 is 11.3 Å². The Bertz CT molecular complexity index is 960. The number of hydrogen-bond donors (Lipinski definition) is 0. The molecule has 0 saturated carbocycles. The smallest absolute Gasteiger partial charge is 0.191 e. The molecule has 23 heavy (non-hydrogen) atoms. The zero-order chi connectivity index (χ0) is 15.8.